The largest absolute Gasteiger partial charge is 0.379 e. The Bertz CT molecular complexity index is 508. The lowest BCUT2D eigenvalue weighted by atomic mass is 10.1. The van der Waals surface area contributed by atoms with E-state index in [4.69, 9.17) is 9.47 Å². The molecule has 0 aromatic heterocycles. The third kappa shape index (κ3) is 4.29. The van der Waals surface area contributed by atoms with Crippen LogP contribution < -0.4 is 10.6 Å². The molecule has 6 nitrogen and oxygen atoms in total. The Labute approximate surface area is 137 Å². The highest BCUT2D eigenvalue weighted by Gasteiger charge is 2.21. The molecule has 2 fully saturated rings. The van der Waals surface area contributed by atoms with E-state index in [-0.39, 0.29) is 11.9 Å². The first-order chi connectivity index (χ1) is 11.2. The molecule has 1 aromatic carbocycles. The van der Waals surface area contributed by atoms with E-state index >= 15 is 0 Å². The lowest BCUT2D eigenvalue weighted by Gasteiger charge is -2.32. The van der Waals surface area contributed by atoms with Crippen LogP contribution in [0.4, 0.5) is 5.69 Å². The fraction of sp³-hybridized carbons (Fsp3) is 0.588. The summed E-state index contributed by atoms with van der Waals surface area (Å²) in [6.45, 7) is 7.55. The molecule has 2 heterocycles. The van der Waals surface area contributed by atoms with E-state index in [1.54, 1.807) is 0 Å². The van der Waals surface area contributed by atoms with Gasteiger partial charge >= 0.3 is 0 Å². The molecular weight excluding hydrogens is 294 g/mol. The molecule has 0 radical (unpaired) electrons. The Morgan fingerprint density at radius 1 is 1.22 bits per heavy atom. The molecule has 1 amide bonds. The molecule has 6 heteroatoms. The second-order valence-corrected chi connectivity index (χ2v) is 6.02. The maximum Gasteiger partial charge on any atom is 0.243 e. The number of hydrogen-bond donors (Lipinski definition) is 2. The highest BCUT2D eigenvalue weighted by atomic mass is 16.5. The minimum absolute atomic E-state index is 0.0429. The quantitative estimate of drug-likeness (QED) is 0.867. The van der Waals surface area contributed by atoms with Crippen LogP contribution in [-0.2, 0) is 14.3 Å². The molecule has 126 valence electrons. The van der Waals surface area contributed by atoms with Crippen molar-refractivity contribution in [1.82, 2.24) is 10.2 Å². The van der Waals surface area contributed by atoms with Crippen molar-refractivity contribution in [2.75, 3.05) is 51.4 Å². The number of benzene rings is 1. The van der Waals surface area contributed by atoms with Crippen LogP contribution in [0.3, 0.4) is 0 Å². The molecule has 0 bridgehead atoms. The minimum atomic E-state index is -0.268. The summed E-state index contributed by atoms with van der Waals surface area (Å²) in [5.74, 6) is -0.0429. The zero-order chi connectivity index (χ0) is 16.1. The van der Waals surface area contributed by atoms with E-state index in [2.05, 4.69) is 34.6 Å². The first kappa shape index (κ1) is 16.4. The molecule has 2 unspecified atom stereocenters. The molecule has 0 spiro atoms. The highest BCUT2D eigenvalue weighted by Crippen LogP contribution is 2.22. The molecule has 0 aliphatic carbocycles. The van der Waals surface area contributed by atoms with Crippen molar-refractivity contribution >= 4 is 11.6 Å². The molecule has 2 aliphatic heterocycles. The van der Waals surface area contributed by atoms with Crippen LogP contribution in [0.25, 0.3) is 0 Å². The summed E-state index contributed by atoms with van der Waals surface area (Å²) in [5, 5.41) is 6.10. The fourth-order valence-corrected chi connectivity index (χ4v) is 2.98. The number of anilines is 1. The summed E-state index contributed by atoms with van der Waals surface area (Å²) in [7, 11) is 0. The Hall–Kier alpha value is -1.47. The van der Waals surface area contributed by atoms with Crippen molar-refractivity contribution in [1.29, 1.82) is 0 Å². The Kier molecular flexibility index (Phi) is 5.61. The molecule has 0 saturated carbocycles. The Morgan fingerprint density at radius 3 is 2.61 bits per heavy atom. The topological polar surface area (TPSA) is 62.8 Å². The van der Waals surface area contributed by atoms with Crippen molar-refractivity contribution in [3.05, 3.63) is 29.8 Å². The number of amides is 1. The smallest absolute Gasteiger partial charge is 0.243 e. The van der Waals surface area contributed by atoms with Gasteiger partial charge in [-0.15, -0.1) is 0 Å². The van der Waals surface area contributed by atoms with Crippen molar-refractivity contribution in [3.63, 3.8) is 0 Å². The summed E-state index contributed by atoms with van der Waals surface area (Å²) in [4.78, 5) is 14.6. The number of ether oxygens (including phenoxy) is 2. The van der Waals surface area contributed by atoms with Crippen molar-refractivity contribution in [3.8, 4) is 0 Å². The lowest BCUT2D eigenvalue weighted by Crippen LogP contribution is -2.48. The van der Waals surface area contributed by atoms with Gasteiger partial charge in [-0.3, -0.25) is 9.69 Å². The molecule has 1 aromatic rings. The molecule has 2 atom stereocenters. The van der Waals surface area contributed by atoms with Gasteiger partial charge in [0, 0.05) is 31.4 Å². The number of morpholine rings is 2. The zero-order valence-electron chi connectivity index (χ0n) is 13.6. The summed E-state index contributed by atoms with van der Waals surface area (Å²) in [6.07, 6.45) is 0. The van der Waals surface area contributed by atoms with Crippen LogP contribution in [0.1, 0.15) is 18.5 Å². The second-order valence-electron chi connectivity index (χ2n) is 6.02. The van der Waals surface area contributed by atoms with Crippen LogP contribution >= 0.6 is 0 Å². The Balaban J connectivity index is 1.56. The van der Waals surface area contributed by atoms with Crippen molar-refractivity contribution in [2.45, 2.75) is 19.0 Å². The number of carbonyl (C=O) groups is 1. The minimum Gasteiger partial charge on any atom is -0.379 e. The highest BCUT2D eigenvalue weighted by molar-refractivity contribution is 5.95. The number of carbonyl (C=O) groups excluding carboxylic acids is 1. The monoisotopic (exact) mass is 319 g/mol. The van der Waals surface area contributed by atoms with Gasteiger partial charge in [0.2, 0.25) is 5.91 Å². The Morgan fingerprint density at radius 2 is 1.96 bits per heavy atom. The molecule has 2 N–H and O–H groups in total. The molecule has 3 rings (SSSR count). The van der Waals surface area contributed by atoms with Gasteiger partial charge in [-0.1, -0.05) is 12.1 Å². The average molecular weight is 319 g/mol. The fourth-order valence-electron chi connectivity index (χ4n) is 2.98. The maximum atomic E-state index is 12.2. The van der Waals surface area contributed by atoms with E-state index in [1.165, 1.54) is 5.56 Å². The number of rotatable bonds is 4. The normalized spacial score (nSPS) is 24.1. The van der Waals surface area contributed by atoms with Gasteiger partial charge in [0.25, 0.3) is 0 Å². The number of nitrogens with zero attached hydrogens (tertiary/aromatic N) is 1. The summed E-state index contributed by atoms with van der Waals surface area (Å²) in [5.41, 5.74) is 2.07. The van der Waals surface area contributed by atoms with E-state index in [0.717, 1.165) is 32.0 Å². The average Bonchev–Trinajstić information content (AvgIpc) is 2.63. The van der Waals surface area contributed by atoms with Crippen LogP contribution in [-0.4, -0.2) is 62.9 Å². The van der Waals surface area contributed by atoms with Gasteiger partial charge in [-0.25, -0.2) is 0 Å². The molecular formula is C17H25N3O3. The van der Waals surface area contributed by atoms with Crippen LogP contribution in [0.5, 0.6) is 0 Å². The van der Waals surface area contributed by atoms with Crippen molar-refractivity contribution < 1.29 is 14.3 Å². The van der Waals surface area contributed by atoms with E-state index in [1.807, 2.05) is 12.1 Å². The van der Waals surface area contributed by atoms with Crippen LogP contribution in [0, 0.1) is 0 Å². The van der Waals surface area contributed by atoms with Crippen LogP contribution in [0.2, 0.25) is 0 Å². The van der Waals surface area contributed by atoms with Crippen LogP contribution in [0.15, 0.2) is 24.3 Å². The number of nitrogens with one attached hydrogen (secondary N) is 2. The second kappa shape index (κ2) is 7.88. The number of hydrogen-bond acceptors (Lipinski definition) is 5. The third-order valence-corrected chi connectivity index (χ3v) is 4.49. The third-order valence-electron chi connectivity index (χ3n) is 4.49. The summed E-state index contributed by atoms with van der Waals surface area (Å²) >= 11 is 0. The van der Waals surface area contributed by atoms with E-state index in [0.29, 0.717) is 25.8 Å². The van der Waals surface area contributed by atoms with E-state index in [9.17, 15) is 4.79 Å². The zero-order valence-corrected chi connectivity index (χ0v) is 13.6. The van der Waals surface area contributed by atoms with Gasteiger partial charge in [0.15, 0.2) is 0 Å². The molecule has 2 aliphatic rings. The molecule has 23 heavy (non-hydrogen) atoms. The predicted octanol–water partition coefficient (Wildman–Crippen LogP) is 1.01. The maximum absolute atomic E-state index is 12.2. The predicted molar refractivity (Wildman–Crippen MR) is 88.5 cm³/mol. The standard InChI is InChI=1S/C17H25N3O3/c1-13(20-7-10-22-11-8-20)14-2-4-15(5-3-14)19-17(21)16-12-23-9-6-18-16/h2-5,13,16,18H,6-12H2,1H3,(H,19,21). The summed E-state index contributed by atoms with van der Waals surface area (Å²) in [6, 6.07) is 8.19. The molecule has 2 saturated heterocycles. The lowest BCUT2D eigenvalue weighted by molar-refractivity contribution is -0.120. The van der Waals surface area contributed by atoms with Crippen molar-refractivity contribution in [2.24, 2.45) is 0 Å². The van der Waals surface area contributed by atoms with Gasteiger partial charge in [-0.05, 0) is 24.6 Å². The van der Waals surface area contributed by atoms with E-state index < -0.39 is 0 Å². The SMILES string of the molecule is CC(c1ccc(NC(=O)C2COCCN2)cc1)N1CCOCC1. The van der Waals surface area contributed by atoms with Gasteiger partial charge in [-0.2, -0.15) is 0 Å². The van der Waals surface area contributed by atoms with Gasteiger partial charge in [0.05, 0.1) is 26.4 Å². The van der Waals surface area contributed by atoms with Gasteiger partial charge in [0.1, 0.15) is 6.04 Å². The van der Waals surface area contributed by atoms with Gasteiger partial charge < -0.3 is 20.1 Å². The summed E-state index contributed by atoms with van der Waals surface area (Å²) < 4.78 is 10.7. The first-order valence-corrected chi connectivity index (χ1v) is 8.28. The first-order valence-electron chi connectivity index (χ1n) is 8.28.